The van der Waals surface area contributed by atoms with Crippen LogP contribution in [0.5, 0.6) is 5.75 Å². The van der Waals surface area contributed by atoms with Crippen molar-refractivity contribution in [1.29, 1.82) is 0 Å². The van der Waals surface area contributed by atoms with Crippen LogP contribution in [0.3, 0.4) is 0 Å². The van der Waals surface area contributed by atoms with Crippen molar-refractivity contribution in [2.45, 2.75) is 11.3 Å². The number of hydrogen-bond donors (Lipinski definition) is 0. The SMILES string of the molecule is O=C(c1ccc(F)cc1)N1CCN(S(=O)(=O)c2cccc(OC(F)(F)F)c2)CC1. The molecular formula is C18H16F4N2O4S. The maximum Gasteiger partial charge on any atom is 0.573 e. The Morgan fingerprint density at radius 3 is 2.17 bits per heavy atom. The normalized spacial score (nSPS) is 15.9. The summed E-state index contributed by atoms with van der Waals surface area (Å²) in [4.78, 5) is 13.5. The number of nitrogens with zero attached hydrogens (tertiary/aromatic N) is 2. The highest BCUT2D eigenvalue weighted by Gasteiger charge is 2.33. The number of halogens is 4. The van der Waals surface area contributed by atoms with E-state index in [1.54, 1.807) is 0 Å². The summed E-state index contributed by atoms with van der Waals surface area (Å²) in [5.74, 6) is -1.47. The molecule has 156 valence electrons. The molecule has 0 unspecified atom stereocenters. The summed E-state index contributed by atoms with van der Waals surface area (Å²) >= 11 is 0. The summed E-state index contributed by atoms with van der Waals surface area (Å²) < 4.78 is 80.4. The maximum absolute atomic E-state index is 13.0. The van der Waals surface area contributed by atoms with Crippen LogP contribution in [-0.2, 0) is 10.0 Å². The molecule has 29 heavy (non-hydrogen) atoms. The van der Waals surface area contributed by atoms with Crippen LogP contribution < -0.4 is 4.74 Å². The van der Waals surface area contributed by atoms with E-state index in [2.05, 4.69) is 4.74 Å². The molecule has 0 N–H and O–H groups in total. The van der Waals surface area contributed by atoms with Gasteiger partial charge in [-0.3, -0.25) is 4.79 Å². The van der Waals surface area contributed by atoms with Gasteiger partial charge in [0.2, 0.25) is 10.0 Å². The number of amides is 1. The molecular weight excluding hydrogens is 416 g/mol. The number of ether oxygens (including phenoxy) is 1. The van der Waals surface area contributed by atoms with Crippen molar-refractivity contribution >= 4 is 15.9 Å². The number of piperazine rings is 1. The standard InChI is InChI=1S/C18H16F4N2O4S/c19-14-6-4-13(5-7-14)17(25)23-8-10-24(11-9-23)29(26,27)16-3-1-2-15(12-16)28-18(20,21)22/h1-7,12H,8-11H2. The topological polar surface area (TPSA) is 66.9 Å². The molecule has 0 spiro atoms. The van der Waals surface area contributed by atoms with Gasteiger partial charge in [-0.05, 0) is 36.4 Å². The molecule has 1 heterocycles. The molecule has 1 amide bonds. The van der Waals surface area contributed by atoms with Crippen molar-refractivity contribution < 1.29 is 35.5 Å². The molecule has 1 aliphatic rings. The summed E-state index contributed by atoms with van der Waals surface area (Å²) in [7, 11) is -4.06. The second kappa shape index (κ2) is 7.99. The average molecular weight is 432 g/mol. The molecule has 0 atom stereocenters. The van der Waals surface area contributed by atoms with Crippen LogP contribution in [0.15, 0.2) is 53.4 Å². The van der Waals surface area contributed by atoms with Crippen molar-refractivity contribution in [2.75, 3.05) is 26.2 Å². The minimum atomic E-state index is -4.94. The van der Waals surface area contributed by atoms with Gasteiger partial charge < -0.3 is 9.64 Å². The van der Waals surface area contributed by atoms with Crippen molar-refractivity contribution in [3.8, 4) is 5.75 Å². The fraction of sp³-hybridized carbons (Fsp3) is 0.278. The fourth-order valence-electron chi connectivity index (χ4n) is 2.89. The van der Waals surface area contributed by atoms with Gasteiger partial charge in [-0.1, -0.05) is 6.07 Å². The zero-order valence-corrected chi connectivity index (χ0v) is 15.7. The first-order valence-electron chi connectivity index (χ1n) is 8.47. The minimum absolute atomic E-state index is 0.0282. The number of alkyl halides is 3. The van der Waals surface area contributed by atoms with E-state index in [4.69, 9.17) is 0 Å². The van der Waals surface area contributed by atoms with Gasteiger partial charge in [0.25, 0.3) is 5.91 Å². The number of benzene rings is 2. The summed E-state index contributed by atoms with van der Waals surface area (Å²) in [5.41, 5.74) is 0.278. The van der Waals surface area contributed by atoms with Gasteiger partial charge in [-0.15, -0.1) is 13.2 Å². The molecule has 1 fully saturated rings. The van der Waals surface area contributed by atoms with Crippen molar-refractivity contribution in [1.82, 2.24) is 9.21 Å². The highest BCUT2D eigenvalue weighted by Crippen LogP contribution is 2.27. The van der Waals surface area contributed by atoms with E-state index in [-0.39, 0.29) is 42.5 Å². The Morgan fingerprint density at radius 1 is 0.966 bits per heavy atom. The Bertz CT molecular complexity index is 986. The van der Waals surface area contributed by atoms with E-state index >= 15 is 0 Å². The molecule has 0 aromatic heterocycles. The molecule has 11 heteroatoms. The largest absolute Gasteiger partial charge is 0.573 e. The van der Waals surface area contributed by atoms with Crippen LogP contribution in [0.1, 0.15) is 10.4 Å². The highest BCUT2D eigenvalue weighted by atomic mass is 32.2. The van der Waals surface area contributed by atoms with E-state index < -0.39 is 28.0 Å². The van der Waals surface area contributed by atoms with E-state index in [1.165, 1.54) is 23.1 Å². The van der Waals surface area contributed by atoms with Crippen LogP contribution in [0, 0.1) is 5.82 Å². The third-order valence-corrected chi connectivity index (χ3v) is 6.19. The first kappa shape index (κ1) is 21.1. The summed E-state index contributed by atoms with van der Waals surface area (Å²) in [6, 6.07) is 9.13. The van der Waals surface area contributed by atoms with Gasteiger partial charge in [-0.2, -0.15) is 4.31 Å². The van der Waals surface area contributed by atoms with Gasteiger partial charge in [0.05, 0.1) is 4.90 Å². The smallest absolute Gasteiger partial charge is 0.406 e. The fourth-order valence-corrected chi connectivity index (χ4v) is 4.35. The quantitative estimate of drug-likeness (QED) is 0.697. The second-order valence-corrected chi connectivity index (χ2v) is 8.16. The predicted octanol–water partition coefficient (Wildman–Crippen LogP) is 2.87. The van der Waals surface area contributed by atoms with Crippen molar-refractivity contribution in [3.63, 3.8) is 0 Å². The van der Waals surface area contributed by atoms with Crippen molar-refractivity contribution in [2.24, 2.45) is 0 Å². The number of hydrogen-bond acceptors (Lipinski definition) is 4. The molecule has 2 aromatic carbocycles. The average Bonchev–Trinajstić information content (AvgIpc) is 2.67. The number of carbonyl (C=O) groups excluding carboxylic acids is 1. The molecule has 3 rings (SSSR count). The predicted molar refractivity (Wildman–Crippen MR) is 94.2 cm³/mol. The molecule has 1 aliphatic heterocycles. The second-order valence-electron chi connectivity index (χ2n) is 6.23. The Balaban J connectivity index is 1.69. The lowest BCUT2D eigenvalue weighted by atomic mass is 10.2. The van der Waals surface area contributed by atoms with Gasteiger partial charge >= 0.3 is 6.36 Å². The molecule has 0 aliphatic carbocycles. The van der Waals surface area contributed by atoms with Gasteiger partial charge in [0, 0.05) is 37.8 Å². The summed E-state index contributed by atoms with van der Waals surface area (Å²) in [6.07, 6.45) is -4.94. The number of rotatable bonds is 4. The van der Waals surface area contributed by atoms with Crippen molar-refractivity contribution in [3.05, 3.63) is 59.9 Å². The number of carbonyl (C=O) groups is 1. The van der Waals surface area contributed by atoms with Gasteiger partial charge in [0.1, 0.15) is 11.6 Å². The first-order chi connectivity index (χ1) is 13.6. The molecule has 1 saturated heterocycles. The van der Waals surface area contributed by atoms with E-state index in [9.17, 15) is 30.8 Å². The van der Waals surface area contributed by atoms with E-state index in [0.29, 0.717) is 0 Å². The van der Waals surface area contributed by atoms with Crippen LogP contribution >= 0.6 is 0 Å². The van der Waals surface area contributed by atoms with Crippen LogP contribution in [-0.4, -0.2) is 56.1 Å². The Hall–Kier alpha value is -2.66. The van der Waals surface area contributed by atoms with Crippen LogP contribution in [0.2, 0.25) is 0 Å². The maximum atomic E-state index is 13.0. The summed E-state index contributed by atoms with van der Waals surface area (Å²) in [5, 5.41) is 0. The van der Waals surface area contributed by atoms with E-state index in [1.807, 2.05) is 0 Å². The van der Waals surface area contributed by atoms with Crippen LogP contribution in [0.25, 0.3) is 0 Å². The molecule has 6 nitrogen and oxygen atoms in total. The monoisotopic (exact) mass is 432 g/mol. The molecule has 2 aromatic rings. The van der Waals surface area contributed by atoms with E-state index in [0.717, 1.165) is 34.6 Å². The Morgan fingerprint density at radius 2 is 1.59 bits per heavy atom. The Kier molecular flexibility index (Phi) is 5.80. The zero-order valence-electron chi connectivity index (χ0n) is 14.9. The lowest BCUT2D eigenvalue weighted by molar-refractivity contribution is -0.274. The van der Waals surface area contributed by atoms with Gasteiger partial charge in [0.15, 0.2) is 0 Å². The highest BCUT2D eigenvalue weighted by molar-refractivity contribution is 7.89. The molecule has 0 saturated carbocycles. The third kappa shape index (κ3) is 5.04. The molecule has 0 radical (unpaired) electrons. The first-order valence-corrected chi connectivity index (χ1v) is 9.91. The minimum Gasteiger partial charge on any atom is -0.406 e. The van der Waals surface area contributed by atoms with Crippen LogP contribution in [0.4, 0.5) is 17.6 Å². The Labute approximate surface area is 164 Å². The van der Waals surface area contributed by atoms with Gasteiger partial charge in [-0.25, -0.2) is 12.8 Å². The third-order valence-electron chi connectivity index (χ3n) is 4.29. The molecule has 0 bridgehead atoms. The zero-order chi connectivity index (χ0) is 21.2. The summed E-state index contributed by atoms with van der Waals surface area (Å²) in [6.45, 7) is 0.127. The lowest BCUT2D eigenvalue weighted by Crippen LogP contribution is -2.50. The number of sulfonamides is 1. The lowest BCUT2D eigenvalue weighted by Gasteiger charge is -2.34.